The Hall–Kier alpha value is -4.46. The number of para-hydroxylation sites is 2. The van der Waals surface area contributed by atoms with E-state index in [1.165, 1.54) is 6.07 Å². The number of hydrogen-bond donors (Lipinski definition) is 0. The Morgan fingerprint density at radius 2 is 1.71 bits per heavy atom. The molecule has 1 aliphatic rings. The van der Waals surface area contributed by atoms with Crippen molar-refractivity contribution in [2.75, 3.05) is 11.5 Å². The molecule has 0 unspecified atom stereocenters. The van der Waals surface area contributed by atoms with Crippen molar-refractivity contribution in [3.8, 4) is 5.75 Å². The van der Waals surface area contributed by atoms with Gasteiger partial charge in [-0.25, -0.2) is 0 Å². The zero-order valence-corrected chi connectivity index (χ0v) is 18.3. The highest BCUT2D eigenvalue weighted by atomic mass is 16.6. The summed E-state index contributed by atoms with van der Waals surface area (Å²) in [5.74, 6) is 0.454. The van der Waals surface area contributed by atoms with Gasteiger partial charge in [0.15, 0.2) is 6.29 Å². The SMILES string of the molecule is CCOc1ccc(N2C(=O)[C@H](n3cc(C=O)c4ccccc43)[C@@H]2c2ccccc2[N+](=O)[O-])cc1. The second kappa shape index (κ2) is 8.47. The minimum Gasteiger partial charge on any atom is -0.494 e. The lowest BCUT2D eigenvalue weighted by atomic mass is 9.86. The van der Waals surface area contributed by atoms with E-state index < -0.39 is 17.0 Å². The molecule has 1 saturated heterocycles. The number of benzene rings is 3. The molecule has 2 atom stereocenters. The summed E-state index contributed by atoms with van der Waals surface area (Å²) in [7, 11) is 0. The number of amides is 1. The Balaban J connectivity index is 1.67. The van der Waals surface area contributed by atoms with E-state index in [9.17, 15) is 19.7 Å². The number of nitrogens with zero attached hydrogens (tertiary/aromatic N) is 3. The highest BCUT2D eigenvalue weighted by molar-refractivity contribution is 6.07. The molecule has 1 aliphatic heterocycles. The first-order chi connectivity index (χ1) is 16.5. The second-order valence-corrected chi connectivity index (χ2v) is 7.97. The minimum atomic E-state index is -0.744. The zero-order chi connectivity index (χ0) is 23.8. The lowest BCUT2D eigenvalue weighted by Crippen LogP contribution is -2.56. The van der Waals surface area contributed by atoms with Gasteiger partial charge in [0.05, 0.1) is 23.1 Å². The summed E-state index contributed by atoms with van der Waals surface area (Å²) < 4.78 is 7.26. The maximum Gasteiger partial charge on any atom is 0.274 e. The molecule has 0 bridgehead atoms. The Morgan fingerprint density at radius 3 is 2.41 bits per heavy atom. The van der Waals surface area contributed by atoms with Crippen molar-refractivity contribution in [2.24, 2.45) is 0 Å². The first-order valence-corrected chi connectivity index (χ1v) is 10.9. The molecular formula is C26H21N3O5. The molecule has 1 aromatic heterocycles. The number of ether oxygens (including phenoxy) is 1. The van der Waals surface area contributed by atoms with E-state index in [1.54, 1.807) is 58.1 Å². The monoisotopic (exact) mass is 455 g/mol. The summed E-state index contributed by atoms with van der Waals surface area (Å²) in [4.78, 5) is 38.3. The summed E-state index contributed by atoms with van der Waals surface area (Å²) in [5.41, 5.74) is 2.16. The lowest BCUT2D eigenvalue weighted by molar-refractivity contribution is -0.385. The summed E-state index contributed by atoms with van der Waals surface area (Å²) in [5, 5.41) is 12.6. The average molecular weight is 455 g/mol. The third-order valence-electron chi connectivity index (χ3n) is 6.14. The molecule has 8 heteroatoms. The van der Waals surface area contributed by atoms with E-state index in [1.807, 2.05) is 31.2 Å². The topological polar surface area (TPSA) is 94.7 Å². The number of carbonyl (C=O) groups is 2. The smallest absolute Gasteiger partial charge is 0.274 e. The lowest BCUT2D eigenvalue weighted by Gasteiger charge is -2.47. The first-order valence-electron chi connectivity index (χ1n) is 10.9. The van der Waals surface area contributed by atoms with Crippen LogP contribution in [0.3, 0.4) is 0 Å². The third-order valence-corrected chi connectivity index (χ3v) is 6.14. The molecule has 8 nitrogen and oxygen atoms in total. The van der Waals surface area contributed by atoms with Crippen molar-refractivity contribution >= 4 is 34.5 Å². The zero-order valence-electron chi connectivity index (χ0n) is 18.3. The molecule has 5 rings (SSSR count). The van der Waals surface area contributed by atoms with Crippen LogP contribution >= 0.6 is 0 Å². The first kappa shape index (κ1) is 21.4. The molecule has 4 aromatic rings. The number of hydrogen-bond acceptors (Lipinski definition) is 5. The number of fused-ring (bicyclic) bond motifs is 1. The molecule has 0 aliphatic carbocycles. The third kappa shape index (κ3) is 3.31. The number of aldehydes is 1. The van der Waals surface area contributed by atoms with Crippen LogP contribution in [0.1, 0.15) is 34.9 Å². The van der Waals surface area contributed by atoms with Gasteiger partial charge < -0.3 is 14.2 Å². The van der Waals surface area contributed by atoms with Gasteiger partial charge in [-0.15, -0.1) is 0 Å². The van der Waals surface area contributed by atoms with E-state index in [0.29, 0.717) is 29.2 Å². The molecule has 3 aromatic carbocycles. The van der Waals surface area contributed by atoms with Crippen LogP contribution in [-0.2, 0) is 4.79 Å². The fraction of sp³-hybridized carbons (Fsp3) is 0.154. The number of nitro groups is 1. The summed E-state index contributed by atoms with van der Waals surface area (Å²) in [6, 6.07) is 19.5. The summed E-state index contributed by atoms with van der Waals surface area (Å²) in [6.45, 7) is 2.40. The predicted molar refractivity (Wildman–Crippen MR) is 127 cm³/mol. The number of nitro benzene ring substituents is 1. The minimum absolute atomic E-state index is 0.0620. The van der Waals surface area contributed by atoms with Crippen molar-refractivity contribution in [1.29, 1.82) is 0 Å². The highest BCUT2D eigenvalue weighted by Gasteiger charge is 2.52. The van der Waals surface area contributed by atoms with Gasteiger partial charge in [0.1, 0.15) is 11.8 Å². The summed E-state index contributed by atoms with van der Waals surface area (Å²) in [6.07, 6.45) is 2.41. The van der Waals surface area contributed by atoms with Gasteiger partial charge in [-0.05, 0) is 43.3 Å². The molecule has 1 fully saturated rings. The van der Waals surface area contributed by atoms with Crippen LogP contribution in [0.2, 0.25) is 0 Å². The van der Waals surface area contributed by atoms with Gasteiger partial charge in [-0.3, -0.25) is 19.7 Å². The van der Waals surface area contributed by atoms with Crippen LogP contribution in [0.5, 0.6) is 5.75 Å². The number of anilines is 1. The molecule has 0 spiro atoms. The van der Waals surface area contributed by atoms with Crippen LogP contribution < -0.4 is 9.64 Å². The van der Waals surface area contributed by atoms with Crippen molar-refractivity contribution < 1.29 is 19.2 Å². The Bertz CT molecular complexity index is 1410. The van der Waals surface area contributed by atoms with E-state index in [2.05, 4.69) is 0 Å². The van der Waals surface area contributed by atoms with Gasteiger partial charge >= 0.3 is 0 Å². The van der Waals surface area contributed by atoms with Crippen LogP contribution in [0, 0.1) is 10.1 Å². The number of β-lactam (4-membered cyclic amide) rings is 1. The van der Waals surface area contributed by atoms with Crippen molar-refractivity contribution in [1.82, 2.24) is 4.57 Å². The fourth-order valence-electron chi connectivity index (χ4n) is 4.67. The molecule has 170 valence electrons. The number of carbonyl (C=O) groups excluding carboxylic acids is 2. The number of rotatable bonds is 7. The molecule has 0 saturated carbocycles. The average Bonchev–Trinajstić information content (AvgIpc) is 3.22. The van der Waals surface area contributed by atoms with Crippen LogP contribution in [0.15, 0.2) is 79.0 Å². The fourth-order valence-corrected chi connectivity index (χ4v) is 4.67. The van der Waals surface area contributed by atoms with Crippen molar-refractivity contribution in [2.45, 2.75) is 19.0 Å². The largest absolute Gasteiger partial charge is 0.494 e. The normalized spacial score (nSPS) is 17.4. The molecule has 1 amide bonds. The standard InChI is InChI=1S/C26H21N3O5/c1-2-34-19-13-11-18(12-14-19)28-24(21-8-4-6-10-23(21)29(32)33)25(26(28)31)27-15-17(16-30)20-7-3-5-9-22(20)27/h3-16,24-25H,2H2,1H3/t24-,25+/m0/s1. The Kier molecular flexibility index (Phi) is 5.33. The van der Waals surface area contributed by atoms with Gasteiger partial charge in [0, 0.05) is 34.4 Å². The molecule has 0 radical (unpaired) electrons. The van der Waals surface area contributed by atoms with Crippen LogP contribution in [0.25, 0.3) is 10.9 Å². The van der Waals surface area contributed by atoms with Crippen molar-refractivity contribution in [3.05, 3.63) is 100 Å². The van der Waals surface area contributed by atoms with E-state index in [4.69, 9.17) is 4.74 Å². The van der Waals surface area contributed by atoms with E-state index >= 15 is 0 Å². The van der Waals surface area contributed by atoms with Crippen LogP contribution in [0.4, 0.5) is 11.4 Å². The van der Waals surface area contributed by atoms with Crippen LogP contribution in [-0.4, -0.2) is 28.3 Å². The van der Waals surface area contributed by atoms with Gasteiger partial charge in [-0.2, -0.15) is 0 Å². The maximum atomic E-state index is 13.6. The molecule has 2 heterocycles. The van der Waals surface area contributed by atoms with Gasteiger partial charge in [-0.1, -0.05) is 30.3 Å². The Morgan fingerprint density at radius 1 is 1.00 bits per heavy atom. The van der Waals surface area contributed by atoms with E-state index in [0.717, 1.165) is 17.2 Å². The molecule has 0 N–H and O–H groups in total. The summed E-state index contributed by atoms with van der Waals surface area (Å²) >= 11 is 0. The molecule has 34 heavy (non-hydrogen) atoms. The van der Waals surface area contributed by atoms with E-state index in [-0.39, 0.29) is 11.6 Å². The number of aromatic nitrogens is 1. The van der Waals surface area contributed by atoms with Gasteiger partial charge in [0.25, 0.3) is 11.6 Å². The predicted octanol–water partition coefficient (Wildman–Crippen LogP) is 5.09. The highest BCUT2D eigenvalue weighted by Crippen LogP contribution is 2.50. The quantitative estimate of drug-likeness (QED) is 0.167. The maximum absolute atomic E-state index is 13.6. The molecular weight excluding hydrogens is 434 g/mol. The van der Waals surface area contributed by atoms with Gasteiger partial charge in [0.2, 0.25) is 0 Å². The second-order valence-electron chi connectivity index (χ2n) is 7.97. The van der Waals surface area contributed by atoms with Crippen molar-refractivity contribution in [3.63, 3.8) is 0 Å². The Labute approximate surface area is 195 Å².